The van der Waals surface area contributed by atoms with Crippen LogP contribution in [0.1, 0.15) is 48.7 Å². The van der Waals surface area contributed by atoms with Gasteiger partial charge >= 0.3 is 0 Å². The number of carbonyl (C=O) groups is 1. The number of aromatic nitrogens is 2. The summed E-state index contributed by atoms with van der Waals surface area (Å²) in [6.45, 7) is 4.01. The SMILES string of the molecule is Cc1nc(N(C)C)ncc1C(=O)N[C@H](C)[C@H]1C[C@H]2CC[C@H]1C2. The van der Waals surface area contributed by atoms with Crippen LogP contribution in [-0.2, 0) is 0 Å². The summed E-state index contributed by atoms with van der Waals surface area (Å²) in [6.07, 6.45) is 7.02. The molecule has 0 aliphatic heterocycles. The Balaban J connectivity index is 1.66. The Hall–Kier alpha value is -1.65. The number of nitrogens with zero attached hydrogens (tertiary/aromatic N) is 3. The third kappa shape index (κ3) is 2.81. The van der Waals surface area contributed by atoms with Gasteiger partial charge in [-0.1, -0.05) is 6.42 Å². The molecule has 3 rings (SSSR count). The van der Waals surface area contributed by atoms with Gasteiger partial charge in [-0.15, -0.1) is 0 Å². The van der Waals surface area contributed by atoms with Crippen LogP contribution in [0.5, 0.6) is 0 Å². The zero-order valence-corrected chi connectivity index (χ0v) is 14.0. The van der Waals surface area contributed by atoms with E-state index in [1.54, 1.807) is 6.20 Å². The van der Waals surface area contributed by atoms with Gasteiger partial charge in [-0.2, -0.15) is 0 Å². The van der Waals surface area contributed by atoms with Crippen molar-refractivity contribution in [2.75, 3.05) is 19.0 Å². The molecule has 4 atom stereocenters. The number of nitrogens with one attached hydrogen (secondary N) is 1. The molecule has 22 heavy (non-hydrogen) atoms. The predicted octanol–water partition coefficient (Wildman–Crippen LogP) is 2.41. The Bertz CT molecular complexity index is 572. The van der Waals surface area contributed by atoms with Gasteiger partial charge in [0.2, 0.25) is 5.95 Å². The summed E-state index contributed by atoms with van der Waals surface area (Å²) in [5.74, 6) is 2.95. The average molecular weight is 302 g/mol. The van der Waals surface area contributed by atoms with Gasteiger partial charge in [0.1, 0.15) is 0 Å². The van der Waals surface area contributed by atoms with Gasteiger partial charge in [-0.05, 0) is 50.9 Å². The van der Waals surface area contributed by atoms with E-state index in [9.17, 15) is 4.79 Å². The summed E-state index contributed by atoms with van der Waals surface area (Å²) in [7, 11) is 3.79. The zero-order valence-electron chi connectivity index (χ0n) is 14.0. The number of fused-ring (bicyclic) bond motifs is 2. The third-order valence-corrected chi connectivity index (χ3v) is 5.41. The first-order valence-corrected chi connectivity index (χ1v) is 8.27. The molecule has 2 saturated carbocycles. The summed E-state index contributed by atoms with van der Waals surface area (Å²) in [6, 6.07) is 0.232. The lowest BCUT2D eigenvalue weighted by molar-refractivity contribution is 0.0914. The van der Waals surface area contributed by atoms with Crippen molar-refractivity contribution < 1.29 is 4.79 Å². The minimum atomic E-state index is -0.0434. The number of amides is 1. The van der Waals surface area contributed by atoms with Crippen LogP contribution in [0.3, 0.4) is 0 Å². The first kappa shape index (κ1) is 15.3. The van der Waals surface area contributed by atoms with Crippen LogP contribution < -0.4 is 10.2 Å². The number of hydrogen-bond acceptors (Lipinski definition) is 4. The Morgan fingerprint density at radius 1 is 1.36 bits per heavy atom. The molecule has 1 aromatic heterocycles. The van der Waals surface area contributed by atoms with Gasteiger partial charge < -0.3 is 10.2 Å². The van der Waals surface area contributed by atoms with Crippen molar-refractivity contribution in [2.24, 2.45) is 17.8 Å². The maximum atomic E-state index is 12.5. The Morgan fingerprint density at radius 3 is 2.68 bits per heavy atom. The van der Waals surface area contributed by atoms with E-state index in [1.165, 1.54) is 25.7 Å². The molecule has 1 heterocycles. The van der Waals surface area contributed by atoms with Crippen LogP contribution in [0.2, 0.25) is 0 Å². The lowest BCUT2D eigenvalue weighted by Gasteiger charge is -2.28. The molecule has 1 N–H and O–H groups in total. The molecular weight excluding hydrogens is 276 g/mol. The van der Waals surface area contributed by atoms with Gasteiger partial charge in [0.15, 0.2) is 0 Å². The highest BCUT2D eigenvalue weighted by Crippen LogP contribution is 2.49. The van der Waals surface area contributed by atoms with Crippen molar-refractivity contribution >= 4 is 11.9 Å². The van der Waals surface area contributed by atoms with Crippen molar-refractivity contribution in [1.82, 2.24) is 15.3 Å². The second-order valence-corrected chi connectivity index (χ2v) is 7.16. The highest BCUT2D eigenvalue weighted by Gasteiger charge is 2.42. The summed E-state index contributed by atoms with van der Waals surface area (Å²) in [4.78, 5) is 23.0. The maximum absolute atomic E-state index is 12.5. The second-order valence-electron chi connectivity index (χ2n) is 7.16. The van der Waals surface area contributed by atoms with Crippen LogP contribution >= 0.6 is 0 Å². The number of carbonyl (C=O) groups excluding carboxylic acids is 1. The van der Waals surface area contributed by atoms with Crippen molar-refractivity contribution in [1.29, 1.82) is 0 Å². The molecule has 0 radical (unpaired) electrons. The first-order chi connectivity index (χ1) is 10.5. The predicted molar refractivity (Wildman–Crippen MR) is 87.0 cm³/mol. The van der Waals surface area contributed by atoms with Gasteiger partial charge in [-0.25, -0.2) is 9.97 Å². The standard InChI is InChI=1S/C17H26N4O/c1-10(14-8-12-5-6-13(14)7-12)19-16(22)15-9-18-17(21(3)4)20-11(15)2/h9-10,12-14H,5-8H2,1-4H3,(H,19,22)/t10-,12+,13+,14-/m1/s1. The number of hydrogen-bond donors (Lipinski definition) is 1. The molecule has 0 unspecified atom stereocenters. The van der Waals surface area contributed by atoms with Gasteiger partial charge in [0.25, 0.3) is 5.91 Å². The minimum Gasteiger partial charge on any atom is -0.349 e. The summed E-state index contributed by atoms with van der Waals surface area (Å²) >= 11 is 0. The Kier molecular flexibility index (Phi) is 4.06. The van der Waals surface area contributed by atoms with E-state index in [0.717, 1.165) is 17.5 Å². The smallest absolute Gasteiger partial charge is 0.254 e. The first-order valence-electron chi connectivity index (χ1n) is 8.27. The van der Waals surface area contributed by atoms with E-state index in [0.29, 0.717) is 17.4 Å². The molecular formula is C17H26N4O. The normalized spacial score (nSPS) is 27.7. The van der Waals surface area contributed by atoms with Crippen LogP contribution in [0.15, 0.2) is 6.20 Å². The second kappa shape index (κ2) is 5.86. The summed E-state index contributed by atoms with van der Waals surface area (Å²) in [5.41, 5.74) is 1.32. The third-order valence-electron chi connectivity index (χ3n) is 5.41. The van der Waals surface area contributed by atoms with E-state index in [-0.39, 0.29) is 11.9 Å². The molecule has 2 aliphatic rings. The fourth-order valence-electron chi connectivity index (χ4n) is 4.19. The molecule has 5 nitrogen and oxygen atoms in total. The molecule has 5 heteroatoms. The molecule has 0 spiro atoms. The fraction of sp³-hybridized carbons (Fsp3) is 0.706. The number of rotatable bonds is 4. The van der Waals surface area contributed by atoms with Gasteiger partial charge in [-0.3, -0.25) is 4.79 Å². The van der Waals surface area contributed by atoms with E-state index >= 15 is 0 Å². The van der Waals surface area contributed by atoms with Crippen LogP contribution in [0.4, 0.5) is 5.95 Å². The molecule has 0 saturated heterocycles. The molecule has 0 aromatic carbocycles. The molecule has 2 bridgehead atoms. The number of anilines is 1. The van der Waals surface area contributed by atoms with Crippen molar-refractivity contribution in [3.63, 3.8) is 0 Å². The summed E-state index contributed by atoms with van der Waals surface area (Å²) in [5, 5.41) is 3.18. The molecule has 2 fully saturated rings. The topological polar surface area (TPSA) is 58.1 Å². The highest BCUT2D eigenvalue weighted by molar-refractivity contribution is 5.95. The quantitative estimate of drug-likeness (QED) is 0.928. The lowest BCUT2D eigenvalue weighted by atomic mass is 9.84. The van der Waals surface area contributed by atoms with Gasteiger partial charge in [0, 0.05) is 26.3 Å². The Labute approximate surface area is 132 Å². The average Bonchev–Trinajstić information content (AvgIpc) is 3.09. The molecule has 1 aromatic rings. The zero-order chi connectivity index (χ0) is 15.9. The van der Waals surface area contributed by atoms with E-state index < -0.39 is 0 Å². The Morgan fingerprint density at radius 2 is 2.14 bits per heavy atom. The van der Waals surface area contributed by atoms with Crippen LogP contribution in [-0.4, -0.2) is 36.0 Å². The van der Waals surface area contributed by atoms with E-state index in [1.807, 2.05) is 25.9 Å². The lowest BCUT2D eigenvalue weighted by Crippen LogP contribution is -2.40. The van der Waals surface area contributed by atoms with E-state index in [4.69, 9.17) is 0 Å². The molecule has 120 valence electrons. The van der Waals surface area contributed by atoms with E-state index in [2.05, 4.69) is 22.2 Å². The largest absolute Gasteiger partial charge is 0.349 e. The minimum absolute atomic E-state index is 0.0434. The maximum Gasteiger partial charge on any atom is 0.254 e. The van der Waals surface area contributed by atoms with Crippen molar-refractivity contribution in [3.05, 3.63) is 17.5 Å². The van der Waals surface area contributed by atoms with Crippen LogP contribution in [0.25, 0.3) is 0 Å². The molecule has 1 amide bonds. The highest BCUT2D eigenvalue weighted by atomic mass is 16.1. The van der Waals surface area contributed by atoms with Gasteiger partial charge in [0.05, 0.1) is 11.3 Å². The monoisotopic (exact) mass is 302 g/mol. The fourth-order valence-corrected chi connectivity index (χ4v) is 4.19. The van der Waals surface area contributed by atoms with Crippen LogP contribution in [0, 0.1) is 24.7 Å². The van der Waals surface area contributed by atoms with Crippen molar-refractivity contribution in [3.8, 4) is 0 Å². The number of aryl methyl sites for hydroxylation is 1. The van der Waals surface area contributed by atoms with Crippen molar-refractivity contribution in [2.45, 2.75) is 45.6 Å². The summed E-state index contributed by atoms with van der Waals surface area (Å²) < 4.78 is 0. The molecule has 2 aliphatic carbocycles.